The van der Waals surface area contributed by atoms with Crippen LogP contribution >= 0.6 is 23.5 Å². The molecule has 0 radical (unpaired) electrons. The average Bonchev–Trinajstić information content (AvgIpc) is 2.46. The van der Waals surface area contributed by atoms with E-state index < -0.39 is 0 Å². The Hall–Kier alpha value is -1.26. The van der Waals surface area contributed by atoms with Crippen LogP contribution in [-0.2, 0) is 9.59 Å². The lowest BCUT2D eigenvalue weighted by atomic mass is 10.1. The number of rotatable bonds is 6. The largest absolute Gasteiger partial charge is 0.282 e. The molecule has 1 aromatic carbocycles. The molecule has 0 bridgehead atoms. The van der Waals surface area contributed by atoms with E-state index in [1.807, 2.05) is 38.1 Å². The fraction of sp³-hybridized carbons (Fsp3) is 0.250. The zero-order valence-electron chi connectivity index (χ0n) is 11.7. The number of carbonyl (C=O) groups excluding carboxylic acids is 2. The molecular formula is C16H18O2S2. The highest BCUT2D eigenvalue weighted by Gasteiger charge is 2.12. The maximum Gasteiger partial charge on any atom is 0.212 e. The fourth-order valence-electron chi connectivity index (χ4n) is 1.62. The third-order valence-corrected chi connectivity index (χ3v) is 4.84. The van der Waals surface area contributed by atoms with Crippen molar-refractivity contribution >= 4 is 33.8 Å². The van der Waals surface area contributed by atoms with Crippen LogP contribution in [0.5, 0.6) is 0 Å². The third-order valence-electron chi connectivity index (χ3n) is 2.79. The Bertz CT molecular complexity index is 459. The van der Waals surface area contributed by atoms with E-state index in [-0.39, 0.29) is 20.7 Å². The predicted octanol–water partition coefficient (Wildman–Crippen LogP) is 4.70. The summed E-state index contributed by atoms with van der Waals surface area (Å²) < 4.78 is 0. The second-order valence-corrected chi connectivity index (χ2v) is 6.92. The second kappa shape index (κ2) is 8.12. The number of benzene rings is 1. The van der Waals surface area contributed by atoms with E-state index in [9.17, 15) is 9.59 Å². The van der Waals surface area contributed by atoms with Gasteiger partial charge in [0.15, 0.2) is 0 Å². The van der Waals surface area contributed by atoms with Crippen molar-refractivity contribution in [2.45, 2.75) is 24.3 Å². The van der Waals surface area contributed by atoms with Crippen molar-refractivity contribution in [3.63, 3.8) is 0 Å². The second-order valence-electron chi connectivity index (χ2n) is 4.23. The summed E-state index contributed by atoms with van der Waals surface area (Å²) in [6, 6.07) is 8.00. The summed E-state index contributed by atoms with van der Waals surface area (Å²) in [6.07, 6.45) is 2.66. The Kier molecular flexibility index (Phi) is 6.82. The molecule has 4 heteroatoms. The van der Waals surface area contributed by atoms with Crippen molar-refractivity contribution in [1.82, 2.24) is 0 Å². The van der Waals surface area contributed by atoms with E-state index in [2.05, 4.69) is 13.2 Å². The molecule has 0 N–H and O–H groups in total. The zero-order chi connectivity index (χ0) is 15.1. The molecule has 0 spiro atoms. The molecule has 0 amide bonds. The summed E-state index contributed by atoms with van der Waals surface area (Å²) in [4.78, 5) is 22.6. The topological polar surface area (TPSA) is 34.1 Å². The predicted molar refractivity (Wildman–Crippen MR) is 88.9 cm³/mol. The normalized spacial score (nSPS) is 13.3. The number of hydrogen-bond acceptors (Lipinski definition) is 4. The maximum atomic E-state index is 11.3. The van der Waals surface area contributed by atoms with Crippen LogP contribution in [0, 0.1) is 0 Å². The van der Waals surface area contributed by atoms with Gasteiger partial charge in [-0.25, -0.2) is 0 Å². The first-order valence-corrected chi connectivity index (χ1v) is 7.99. The first kappa shape index (κ1) is 16.8. The molecule has 0 fully saturated rings. The molecule has 20 heavy (non-hydrogen) atoms. The Balaban J connectivity index is 2.72. The molecule has 2 atom stereocenters. The molecule has 0 saturated heterocycles. The first-order valence-electron chi connectivity index (χ1n) is 6.24. The SMILES string of the molecule is C=CC(=O)SC(C)c1ccc(C(C)SC(=O)C=C)cc1. The van der Waals surface area contributed by atoms with Crippen LogP contribution in [0.25, 0.3) is 0 Å². The van der Waals surface area contributed by atoms with Crippen LogP contribution in [0.2, 0.25) is 0 Å². The fourth-order valence-corrected chi connectivity index (χ4v) is 3.09. The summed E-state index contributed by atoms with van der Waals surface area (Å²) in [5.74, 6) is 0. The molecule has 1 rings (SSSR count). The summed E-state index contributed by atoms with van der Waals surface area (Å²) in [7, 11) is 0. The standard InChI is InChI=1S/C16H18O2S2/c1-5-15(17)19-11(3)13-7-9-14(10-8-13)12(4)20-16(18)6-2/h5-12H,1-2H2,3-4H3. The van der Waals surface area contributed by atoms with E-state index in [1.54, 1.807) is 0 Å². The highest BCUT2D eigenvalue weighted by molar-refractivity contribution is 8.14. The Labute approximate surface area is 128 Å². The molecule has 0 saturated carbocycles. The van der Waals surface area contributed by atoms with Gasteiger partial charge in [-0.1, -0.05) is 60.9 Å². The van der Waals surface area contributed by atoms with E-state index in [1.165, 1.54) is 35.7 Å². The van der Waals surface area contributed by atoms with Gasteiger partial charge in [-0.3, -0.25) is 9.59 Å². The van der Waals surface area contributed by atoms with Crippen molar-refractivity contribution in [1.29, 1.82) is 0 Å². The summed E-state index contributed by atoms with van der Waals surface area (Å²) in [5.41, 5.74) is 2.17. The van der Waals surface area contributed by atoms with Gasteiger partial charge < -0.3 is 0 Å². The van der Waals surface area contributed by atoms with Gasteiger partial charge in [-0.2, -0.15) is 0 Å². The van der Waals surface area contributed by atoms with Crippen LogP contribution in [0.3, 0.4) is 0 Å². The van der Waals surface area contributed by atoms with Crippen molar-refractivity contribution in [3.8, 4) is 0 Å². The number of carbonyl (C=O) groups is 2. The molecule has 106 valence electrons. The maximum absolute atomic E-state index is 11.3. The van der Waals surface area contributed by atoms with Crippen molar-refractivity contribution in [2.75, 3.05) is 0 Å². The number of thioether (sulfide) groups is 2. The lowest BCUT2D eigenvalue weighted by Crippen LogP contribution is -1.96. The van der Waals surface area contributed by atoms with E-state index >= 15 is 0 Å². The molecule has 0 aliphatic heterocycles. The minimum Gasteiger partial charge on any atom is -0.282 e. The van der Waals surface area contributed by atoms with Crippen LogP contribution < -0.4 is 0 Å². The zero-order valence-corrected chi connectivity index (χ0v) is 13.3. The van der Waals surface area contributed by atoms with Crippen LogP contribution in [0.4, 0.5) is 0 Å². The van der Waals surface area contributed by atoms with Crippen LogP contribution in [0.15, 0.2) is 49.6 Å². The summed E-state index contributed by atoms with van der Waals surface area (Å²) in [5, 5.41) is 0.129. The minimum atomic E-state index is -0.0259. The average molecular weight is 306 g/mol. The molecular weight excluding hydrogens is 288 g/mol. The smallest absolute Gasteiger partial charge is 0.212 e. The van der Waals surface area contributed by atoms with Crippen molar-refractivity contribution < 1.29 is 9.59 Å². The van der Waals surface area contributed by atoms with Crippen LogP contribution in [0.1, 0.15) is 35.5 Å². The lowest BCUT2D eigenvalue weighted by Gasteiger charge is -2.13. The lowest BCUT2D eigenvalue weighted by molar-refractivity contribution is -0.107. The highest BCUT2D eigenvalue weighted by atomic mass is 32.2. The van der Waals surface area contributed by atoms with Crippen molar-refractivity contribution in [2.24, 2.45) is 0 Å². The van der Waals surface area contributed by atoms with E-state index in [0.29, 0.717) is 0 Å². The van der Waals surface area contributed by atoms with E-state index in [0.717, 1.165) is 11.1 Å². The summed E-state index contributed by atoms with van der Waals surface area (Å²) in [6.45, 7) is 10.9. The van der Waals surface area contributed by atoms with Gasteiger partial charge in [-0.05, 0) is 37.1 Å². The molecule has 0 aliphatic carbocycles. The van der Waals surface area contributed by atoms with Gasteiger partial charge in [0.25, 0.3) is 0 Å². The molecule has 0 aromatic heterocycles. The number of hydrogen-bond donors (Lipinski definition) is 0. The molecule has 2 nitrogen and oxygen atoms in total. The Morgan fingerprint density at radius 1 is 0.900 bits per heavy atom. The van der Waals surface area contributed by atoms with Crippen LogP contribution in [-0.4, -0.2) is 10.2 Å². The first-order chi connectivity index (χ1) is 9.47. The van der Waals surface area contributed by atoms with Crippen molar-refractivity contribution in [3.05, 3.63) is 60.7 Å². The van der Waals surface area contributed by atoms with Gasteiger partial charge in [0.2, 0.25) is 10.2 Å². The van der Waals surface area contributed by atoms with E-state index in [4.69, 9.17) is 0 Å². The molecule has 2 unspecified atom stereocenters. The quantitative estimate of drug-likeness (QED) is 0.713. The van der Waals surface area contributed by atoms with Gasteiger partial charge in [0, 0.05) is 10.5 Å². The van der Waals surface area contributed by atoms with Gasteiger partial charge in [0.1, 0.15) is 0 Å². The molecule has 0 heterocycles. The molecule has 1 aromatic rings. The third kappa shape index (κ3) is 5.02. The van der Waals surface area contributed by atoms with Gasteiger partial charge in [0.05, 0.1) is 0 Å². The minimum absolute atomic E-state index is 0.0259. The van der Waals surface area contributed by atoms with Gasteiger partial charge >= 0.3 is 0 Å². The molecule has 0 aliphatic rings. The Morgan fingerprint density at radius 2 is 1.20 bits per heavy atom. The Morgan fingerprint density at radius 3 is 1.45 bits per heavy atom. The monoisotopic (exact) mass is 306 g/mol. The summed E-state index contributed by atoms with van der Waals surface area (Å²) >= 11 is 2.50. The van der Waals surface area contributed by atoms with Gasteiger partial charge in [-0.15, -0.1) is 0 Å². The highest BCUT2D eigenvalue weighted by Crippen LogP contribution is 2.32.